The van der Waals surface area contributed by atoms with Crippen LogP contribution >= 0.6 is 15.9 Å². The Morgan fingerprint density at radius 3 is 2.56 bits per heavy atom. The van der Waals surface area contributed by atoms with E-state index in [1.165, 1.54) is 0 Å². The summed E-state index contributed by atoms with van der Waals surface area (Å²) < 4.78 is 26.5. The van der Waals surface area contributed by atoms with Crippen LogP contribution in [0, 0.1) is 17.6 Å². The minimum atomic E-state index is -0.826. The van der Waals surface area contributed by atoms with Crippen molar-refractivity contribution in [3.63, 3.8) is 0 Å². The first kappa shape index (κ1) is 15.0. The Kier molecular flexibility index (Phi) is 5.22. The van der Waals surface area contributed by atoms with Crippen molar-refractivity contribution in [1.82, 2.24) is 0 Å². The number of anilines is 1. The Morgan fingerprint density at radius 2 is 2.06 bits per heavy atom. The number of nitrogens with two attached hydrogens (primary N) is 1. The topological polar surface area (TPSA) is 55.1 Å². The summed E-state index contributed by atoms with van der Waals surface area (Å²) in [6, 6.07) is 1.50. The molecule has 1 amide bonds. The van der Waals surface area contributed by atoms with E-state index in [4.69, 9.17) is 5.73 Å². The monoisotopic (exact) mass is 320 g/mol. The van der Waals surface area contributed by atoms with Gasteiger partial charge in [-0.3, -0.25) is 4.79 Å². The summed E-state index contributed by atoms with van der Waals surface area (Å²) in [4.78, 5) is 11.6. The van der Waals surface area contributed by atoms with Crippen molar-refractivity contribution in [2.45, 2.75) is 26.3 Å². The molecule has 1 atom stereocenters. The number of carbonyl (C=O) groups excluding carboxylic acids is 1. The van der Waals surface area contributed by atoms with Gasteiger partial charge in [0.15, 0.2) is 5.82 Å². The van der Waals surface area contributed by atoms with Crippen LogP contribution in [0.5, 0.6) is 0 Å². The number of nitrogens with one attached hydrogen (secondary N) is 1. The van der Waals surface area contributed by atoms with Crippen molar-refractivity contribution in [1.29, 1.82) is 0 Å². The van der Waals surface area contributed by atoms with Gasteiger partial charge in [-0.25, -0.2) is 8.78 Å². The number of carbonyl (C=O) groups is 1. The van der Waals surface area contributed by atoms with Gasteiger partial charge in [0.25, 0.3) is 0 Å². The third-order valence-corrected chi connectivity index (χ3v) is 3.17. The molecule has 1 aromatic rings. The fourth-order valence-corrected chi connectivity index (χ4v) is 1.81. The lowest BCUT2D eigenvalue weighted by molar-refractivity contribution is -0.116. The number of hydrogen-bond acceptors (Lipinski definition) is 2. The Morgan fingerprint density at radius 1 is 1.44 bits per heavy atom. The fraction of sp³-hybridized carbons (Fsp3) is 0.417. The molecule has 1 aromatic carbocycles. The lowest BCUT2D eigenvalue weighted by Gasteiger charge is -2.15. The van der Waals surface area contributed by atoms with Crippen LogP contribution in [-0.2, 0) is 4.79 Å². The lowest BCUT2D eigenvalue weighted by Crippen LogP contribution is -2.31. The third-order valence-electron chi connectivity index (χ3n) is 2.55. The van der Waals surface area contributed by atoms with Gasteiger partial charge in [-0.2, -0.15) is 0 Å². The van der Waals surface area contributed by atoms with Crippen LogP contribution in [-0.4, -0.2) is 11.9 Å². The molecule has 1 unspecified atom stereocenters. The first-order valence-electron chi connectivity index (χ1n) is 5.51. The summed E-state index contributed by atoms with van der Waals surface area (Å²) in [7, 11) is 0. The Bertz CT molecular complexity index is 429. The smallest absolute Gasteiger partial charge is 0.226 e. The van der Waals surface area contributed by atoms with E-state index >= 15 is 0 Å². The summed E-state index contributed by atoms with van der Waals surface area (Å²) >= 11 is 3.00. The van der Waals surface area contributed by atoms with Crippen LogP contribution in [0.2, 0.25) is 0 Å². The van der Waals surface area contributed by atoms with E-state index in [-0.39, 0.29) is 28.5 Å². The summed E-state index contributed by atoms with van der Waals surface area (Å²) in [6.45, 7) is 3.79. The van der Waals surface area contributed by atoms with Crippen molar-refractivity contribution >= 4 is 27.5 Å². The SMILES string of the molecule is CC(C)C(N)CC(=O)Nc1c(F)cc(F)cc1Br. The maximum atomic E-state index is 13.5. The van der Waals surface area contributed by atoms with Gasteiger partial charge < -0.3 is 11.1 Å². The largest absolute Gasteiger partial charge is 0.327 e. The molecule has 100 valence electrons. The Labute approximate surface area is 113 Å². The zero-order valence-corrected chi connectivity index (χ0v) is 11.7. The van der Waals surface area contributed by atoms with Gasteiger partial charge in [0.1, 0.15) is 5.82 Å². The molecule has 0 radical (unpaired) electrons. The fourth-order valence-electron chi connectivity index (χ4n) is 1.30. The molecule has 0 saturated heterocycles. The molecule has 0 bridgehead atoms. The number of halogens is 3. The molecule has 0 fully saturated rings. The molecule has 0 aliphatic rings. The maximum Gasteiger partial charge on any atom is 0.226 e. The minimum Gasteiger partial charge on any atom is -0.327 e. The standard InChI is InChI=1S/C12H15BrF2N2O/c1-6(2)10(16)5-11(18)17-12-8(13)3-7(14)4-9(12)15/h3-4,6,10H,5,16H2,1-2H3,(H,17,18). The van der Waals surface area contributed by atoms with E-state index < -0.39 is 17.5 Å². The lowest BCUT2D eigenvalue weighted by atomic mass is 10.0. The van der Waals surface area contributed by atoms with Gasteiger partial charge in [-0.15, -0.1) is 0 Å². The quantitative estimate of drug-likeness (QED) is 0.895. The van der Waals surface area contributed by atoms with Crippen LogP contribution in [0.3, 0.4) is 0 Å². The Balaban J connectivity index is 2.77. The summed E-state index contributed by atoms with van der Waals surface area (Å²) in [6.07, 6.45) is 0.0842. The second-order valence-electron chi connectivity index (χ2n) is 4.40. The number of benzene rings is 1. The molecule has 0 aliphatic heterocycles. The molecule has 1 rings (SSSR count). The van der Waals surface area contributed by atoms with E-state index in [1.807, 2.05) is 13.8 Å². The first-order valence-corrected chi connectivity index (χ1v) is 6.30. The zero-order chi connectivity index (χ0) is 13.9. The Hall–Kier alpha value is -1.01. The van der Waals surface area contributed by atoms with Crippen LogP contribution < -0.4 is 11.1 Å². The molecule has 3 nitrogen and oxygen atoms in total. The van der Waals surface area contributed by atoms with Crippen molar-refractivity contribution in [3.8, 4) is 0 Å². The third kappa shape index (κ3) is 4.03. The number of hydrogen-bond donors (Lipinski definition) is 2. The normalized spacial score (nSPS) is 12.6. The molecule has 0 aliphatic carbocycles. The van der Waals surface area contributed by atoms with Crippen molar-refractivity contribution < 1.29 is 13.6 Å². The molecule has 3 N–H and O–H groups in total. The second kappa shape index (κ2) is 6.24. The number of amides is 1. The zero-order valence-electron chi connectivity index (χ0n) is 10.1. The van der Waals surface area contributed by atoms with Crippen molar-refractivity contribution in [2.24, 2.45) is 11.7 Å². The van der Waals surface area contributed by atoms with Crippen molar-refractivity contribution in [2.75, 3.05) is 5.32 Å². The van der Waals surface area contributed by atoms with Gasteiger partial charge >= 0.3 is 0 Å². The van der Waals surface area contributed by atoms with Gasteiger partial charge in [-0.05, 0) is 27.9 Å². The average molecular weight is 321 g/mol. The molecule has 0 saturated carbocycles. The van der Waals surface area contributed by atoms with Crippen LogP contribution in [0.15, 0.2) is 16.6 Å². The first-order chi connectivity index (χ1) is 8.31. The van der Waals surface area contributed by atoms with Crippen LogP contribution in [0.25, 0.3) is 0 Å². The predicted octanol–water partition coefficient (Wildman–Crippen LogP) is 3.04. The van der Waals surface area contributed by atoms with E-state index in [0.29, 0.717) is 6.07 Å². The van der Waals surface area contributed by atoms with E-state index in [9.17, 15) is 13.6 Å². The molecule has 6 heteroatoms. The highest BCUT2D eigenvalue weighted by molar-refractivity contribution is 9.10. The highest BCUT2D eigenvalue weighted by Crippen LogP contribution is 2.27. The summed E-state index contributed by atoms with van der Waals surface area (Å²) in [5.74, 6) is -1.79. The van der Waals surface area contributed by atoms with Gasteiger partial charge in [0.05, 0.1) is 5.69 Å². The van der Waals surface area contributed by atoms with Crippen molar-refractivity contribution in [3.05, 3.63) is 28.2 Å². The molecule has 0 aromatic heterocycles. The average Bonchev–Trinajstić information content (AvgIpc) is 2.23. The van der Waals surface area contributed by atoms with Gasteiger partial charge in [0.2, 0.25) is 5.91 Å². The van der Waals surface area contributed by atoms with E-state index in [2.05, 4.69) is 21.2 Å². The molecule has 0 spiro atoms. The molecular weight excluding hydrogens is 306 g/mol. The molecular formula is C12H15BrF2N2O. The van der Waals surface area contributed by atoms with Gasteiger partial charge in [-0.1, -0.05) is 13.8 Å². The molecule has 0 heterocycles. The van der Waals surface area contributed by atoms with Gasteiger partial charge in [0, 0.05) is 23.0 Å². The highest BCUT2D eigenvalue weighted by Gasteiger charge is 2.16. The number of rotatable bonds is 4. The second-order valence-corrected chi connectivity index (χ2v) is 5.26. The van der Waals surface area contributed by atoms with E-state index in [1.54, 1.807) is 0 Å². The molecule has 18 heavy (non-hydrogen) atoms. The summed E-state index contributed by atoms with van der Waals surface area (Å²) in [5, 5.41) is 2.38. The predicted molar refractivity (Wildman–Crippen MR) is 70.1 cm³/mol. The maximum absolute atomic E-state index is 13.5. The highest BCUT2D eigenvalue weighted by atomic mass is 79.9. The van der Waals surface area contributed by atoms with Crippen LogP contribution in [0.1, 0.15) is 20.3 Å². The van der Waals surface area contributed by atoms with Crippen LogP contribution in [0.4, 0.5) is 14.5 Å². The summed E-state index contributed by atoms with van der Waals surface area (Å²) in [5.41, 5.74) is 5.67. The minimum absolute atomic E-state index is 0.0719. The van der Waals surface area contributed by atoms with E-state index in [0.717, 1.165) is 6.07 Å².